The topological polar surface area (TPSA) is 105 Å². The molecule has 0 saturated heterocycles. The third-order valence-electron chi connectivity index (χ3n) is 3.22. The maximum atomic E-state index is 12.7. The number of halogens is 1. The molecule has 2 N–H and O–H groups in total. The second-order valence-corrected chi connectivity index (χ2v) is 5.12. The normalized spacial score (nSPS) is 10.8. The fourth-order valence-corrected chi connectivity index (χ4v) is 2.39. The Morgan fingerprint density at radius 3 is 2.91 bits per heavy atom. The van der Waals surface area contributed by atoms with E-state index >= 15 is 0 Å². The highest BCUT2D eigenvalue weighted by Crippen LogP contribution is 2.16. The minimum Gasteiger partial charge on any atom is -0.457 e. The van der Waals surface area contributed by atoms with Crippen LogP contribution in [0, 0.1) is 0 Å². The lowest BCUT2D eigenvalue weighted by molar-refractivity contribution is 0.0545. The van der Waals surface area contributed by atoms with Crippen LogP contribution in [-0.4, -0.2) is 27.8 Å². The monoisotopic (exact) mass is 331 g/mol. The molecule has 23 heavy (non-hydrogen) atoms. The predicted octanol–water partition coefficient (Wildman–Crippen LogP) is 1.76. The summed E-state index contributed by atoms with van der Waals surface area (Å²) >= 11 is 5.88. The number of aromatic amines is 2. The summed E-state index contributed by atoms with van der Waals surface area (Å²) in [5, 5.41) is 6.60. The summed E-state index contributed by atoms with van der Waals surface area (Å²) in [6.45, 7) is 3.41. The highest BCUT2D eigenvalue weighted by Gasteiger charge is 2.20. The van der Waals surface area contributed by atoms with E-state index in [1.54, 1.807) is 0 Å². The van der Waals surface area contributed by atoms with Crippen molar-refractivity contribution in [2.24, 2.45) is 0 Å². The quantitative estimate of drug-likeness (QED) is 0.562. The van der Waals surface area contributed by atoms with E-state index in [1.165, 1.54) is 24.3 Å². The van der Waals surface area contributed by atoms with Crippen molar-refractivity contribution >= 4 is 39.4 Å². The number of hydrogen-bond donors (Lipinski definition) is 2. The van der Waals surface area contributed by atoms with E-state index in [9.17, 15) is 14.4 Å². The number of nitrogens with one attached hydrogen (secondary N) is 2. The van der Waals surface area contributed by atoms with Gasteiger partial charge in [0.25, 0.3) is 5.56 Å². The molecule has 0 amide bonds. The van der Waals surface area contributed by atoms with Crippen LogP contribution in [0.25, 0.3) is 21.8 Å². The molecule has 0 aliphatic heterocycles. The van der Waals surface area contributed by atoms with Gasteiger partial charge in [-0.05, 0) is 18.2 Å². The van der Waals surface area contributed by atoms with Gasteiger partial charge in [-0.1, -0.05) is 24.3 Å². The van der Waals surface area contributed by atoms with Crippen LogP contribution < -0.4 is 11.0 Å². The first-order valence-electron chi connectivity index (χ1n) is 6.55. The predicted molar refractivity (Wildman–Crippen MR) is 86.0 cm³/mol. The van der Waals surface area contributed by atoms with Crippen LogP contribution in [0.15, 0.2) is 40.4 Å². The summed E-state index contributed by atoms with van der Waals surface area (Å²) in [7, 11) is 0. The largest absolute Gasteiger partial charge is 0.457 e. The molecule has 0 bridgehead atoms. The number of carbonyl (C=O) groups is 1. The van der Waals surface area contributed by atoms with Gasteiger partial charge in [0.2, 0.25) is 0 Å². The lowest BCUT2D eigenvalue weighted by atomic mass is 10.2. The van der Waals surface area contributed by atoms with Crippen molar-refractivity contribution < 1.29 is 9.53 Å². The van der Waals surface area contributed by atoms with Gasteiger partial charge in [-0.25, -0.2) is 4.79 Å². The zero-order chi connectivity index (χ0) is 16.6. The molecule has 116 valence electrons. The Morgan fingerprint density at radius 1 is 1.39 bits per heavy atom. The Bertz CT molecular complexity index is 1070. The van der Waals surface area contributed by atoms with Crippen LogP contribution in [0.1, 0.15) is 10.5 Å². The second-order valence-electron chi connectivity index (χ2n) is 4.68. The van der Waals surface area contributed by atoms with Crippen molar-refractivity contribution in [1.82, 2.24) is 15.2 Å². The molecule has 2 heterocycles. The molecule has 2 aromatic heterocycles. The average molecular weight is 332 g/mol. The molecule has 0 aliphatic rings. The van der Waals surface area contributed by atoms with Gasteiger partial charge < -0.3 is 9.72 Å². The lowest BCUT2D eigenvalue weighted by Crippen LogP contribution is -2.10. The lowest BCUT2D eigenvalue weighted by Gasteiger charge is -1.98. The molecule has 0 saturated carbocycles. The first-order valence-corrected chi connectivity index (χ1v) is 6.92. The van der Waals surface area contributed by atoms with Crippen LogP contribution in [0.2, 0.25) is 5.02 Å². The van der Waals surface area contributed by atoms with Gasteiger partial charge in [0.15, 0.2) is 16.6 Å². The Labute approximate surface area is 133 Å². The summed E-state index contributed by atoms with van der Waals surface area (Å²) in [6, 6.07) is 4.45. The molecule has 8 heteroatoms. The van der Waals surface area contributed by atoms with E-state index in [2.05, 4.69) is 21.8 Å². The number of hydrogen-bond acceptors (Lipinski definition) is 5. The second kappa shape index (κ2) is 5.69. The standard InChI is InChI=1S/C15H10ClN3O4/c1-2-5-23-15(22)12-10-11(18-19-12)14(21)17-9-6-7(16)3-4-8(9)13(10)20/h2-4,6H,1,5H2,(H,17,21)(H,18,19). The van der Waals surface area contributed by atoms with Crippen LogP contribution >= 0.6 is 11.6 Å². The third kappa shape index (κ3) is 2.51. The molecule has 0 radical (unpaired) electrons. The Morgan fingerprint density at radius 2 is 2.17 bits per heavy atom. The smallest absolute Gasteiger partial charge is 0.357 e. The van der Waals surface area contributed by atoms with Gasteiger partial charge in [0.05, 0.1) is 10.9 Å². The van der Waals surface area contributed by atoms with Crippen molar-refractivity contribution in [3.05, 3.63) is 62.1 Å². The molecule has 3 rings (SSSR count). The highest BCUT2D eigenvalue weighted by atomic mass is 35.5. The SMILES string of the molecule is C=CCOC(=O)c1[nH]nc2c(=O)[nH]c3cc(Cl)ccc3c(=O)c12. The first kappa shape index (κ1) is 15.0. The summed E-state index contributed by atoms with van der Waals surface area (Å²) in [4.78, 5) is 39.5. The summed E-state index contributed by atoms with van der Waals surface area (Å²) in [5.74, 6) is -0.794. The van der Waals surface area contributed by atoms with E-state index in [-0.39, 0.29) is 34.1 Å². The van der Waals surface area contributed by atoms with Crippen LogP contribution in [0.5, 0.6) is 0 Å². The minimum absolute atomic E-state index is 0.0286. The zero-order valence-electron chi connectivity index (χ0n) is 11.7. The number of benzene rings is 1. The molecule has 0 aliphatic carbocycles. The Balaban J connectivity index is 2.42. The highest BCUT2D eigenvalue weighted by molar-refractivity contribution is 6.31. The summed E-state index contributed by atoms with van der Waals surface area (Å²) in [5.41, 5.74) is -1.23. The average Bonchev–Trinajstić information content (AvgIpc) is 2.93. The van der Waals surface area contributed by atoms with Crippen molar-refractivity contribution in [3.63, 3.8) is 0 Å². The van der Waals surface area contributed by atoms with Gasteiger partial charge in [-0.2, -0.15) is 5.10 Å². The van der Waals surface area contributed by atoms with E-state index in [0.717, 1.165) is 0 Å². The van der Waals surface area contributed by atoms with Crippen molar-refractivity contribution in [1.29, 1.82) is 0 Å². The number of nitrogens with zero attached hydrogens (tertiary/aromatic N) is 1. The van der Waals surface area contributed by atoms with Gasteiger partial charge >= 0.3 is 5.97 Å². The van der Waals surface area contributed by atoms with E-state index in [1.807, 2.05) is 0 Å². The molecule has 7 nitrogen and oxygen atoms in total. The maximum absolute atomic E-state index is 12.7. The van der Waals surface area contributed by atoms with Crippen LogP contribution in [0.3, 0.4) is 0 Å². The molecule has 0 atom stereocenters. The van der Waals surface area contributed by atoms with Gasteiger partial charge in [0, 0.05) is 10.4 Å². The number of aromatic nitrogens is 3. The molecule has 0 fully saturated rings. The number of rotatable bonds is 3. The third-order valence-corrected chi connectivity index (χ3v) is 3.45. The fourth-order valence-electron chi connectivity index (χ4n) is 2.22. The molecule has 1 aromatic carbocycles. The number of esters is 1. The van der Waals surface area contributed by atoms with E-state index < -0.39 is 17.0 Å². The number of fused-ring (bicyclic) bond motifs is 2. The maximum Gasteiger partial charge on any atom is 0.357 e. The molecule has 0 unspecified atom stereocenters. The zero-order valence-corrected chi connectivity index (χ0v) is 12.4. The minimum atomic E-state index is -0.794. The summed E-state index contributed by atoms with van der Waals surface area (Å²) < 4.78 is 4.90. The number of carbonyl (C=O) groups excluding carboxylic acids is 1. The van der Waals surface area contributed by atoms with Crippen molar-refractivity contribution in [2.45, 2.75) is 0 Å². The van der Waals surface area contributed by atoms with Gasteiger partial charge in [-0.3, -0.25) is 14.7 Å². The Hall–Kier alpha value is -2.93. The molecule has 3 aromatic rings. The van der Waals surface area contributed by atoms with E-state index in [0.29, 0.717) is 5.02 Å². The van der Waals surface area contributed by atoms with Gasteiger partial charge in [0.1, 0.15) is 6.61 Å². The summed E-state index contributed by atoms with van der Waals surface area (Å²) in [6.07, 6.45) is 1.39. The van der Waals surface area contributed by atoms with Crippen molar-refractivity contribution in [3.8, 4) is 0 Å². The molecular weight excluding hydrogens is 322 g/mol. The first-order chi connectivity index (χ1) is 11.0. The molecule has 0 spiro atoms. The Kier molecular flexibility index (Phi) is 3.71. The van der Waals surface area contributed by atoms with Crippen molar-refractivity contribution in [2.75, 3.05) is 6.61 Å². The number of H-pyrrole nitrogens is 2. The van der Waals surface area contributed by atoms with Gasteiger partial charge in [-0.15, -0.1) is 0 Å². The fraction of sp³-hybridized carbons (Fsp3) is 0.0667. The van der Waals surface area contributed by atoms with E-state index in [4.69, 9.17) is 16.3 Å². The number of ether oxygens (including phenoxy) is 1. The van der Waals surface area contributed by atoms with Crippen LogP contribution in [0.4, 0.5) is 0 Å². The van der Waals surface area contributed by atoms with Crippen LogP contribution in [-0.2, 0) is 4.74 Å². The molecular formula is C15H10ClN3O4.